The van der Waals surface area contributed by atoms with Gasteiger partial charge < -0.3 is 0 Å². The third-order valence-corrected chi connectivity index (χ3v) is 10.3. The molecule has 0 bridgehead atoms. The first kappa shape index (κ1) is 32.9. The van der Waals surface area contributed by atoms with Gasteiger partial charge in [0.25, 0.3) is 0 Å². The second kappa shape index (κ2) is 14.9. The molecule has 0 aliphatic rings. The van der Waals surface area contributed by atoms with Crippen LogP contribution >= 0.6 is 0 Å². The Labute approximate surface area is 318 Å². The molecule has 0 aliphatic carbocycles. The summed E-state index contributed by atoms with van der Waals surface area (Å²) in [4.78, 5) is 0. The average molecular weight is 687 g/mol. The molecule has 9 rings (SSSR count). The number of hydrogen-bond donors (Lipinski definition) is 0. The van der Waals surface area contributed by atoms with E-state index >= 15 is 0 Å². The van der Waals surface area contributed by atoms with Crippen molar-refractivity contribution in [3.8, 4) is 89.0 Å². The molecule has 0 nitrogen and oxygen atoms in total. The summed E-state index contributed by atoms with van der Waals surface area (Å²) in [7, 11) is 0. The van der Waals surface area contributed by atoms with Gasteiger partial charge in [0.1, 0.15) is 0 Å². The van der Waals surface area contributed by atoms with Gasteiger partial charge in [0, 0.05) is 0 Å². The number of rotatable bonds is 8. The van der Waals surface area contributed by atoms with Crippen molar-refractivity contribution in [2.24, 2.45) is 0 Å². The lowest BCUT2D eigenvalue weighted by molar-refractivity contribution is 1.55. The van der Waals surface area contributed by atoms with Crippen LogP contribution in [-0.4, -0.2) is 0 Å². The van der Waals surface area contributed by atoms with Crippen LogP contribution in [0.2, 0.25) is 0 Å². The second-order valence-corrected chi connectivity index (χ2v) is 13.8. The van der Waals surface area contributed by atoms with Gasteiger partial charge in [0.2, 0.25) is 0 Å². The van der Waals surface area contributed by atoms with E-state index in [9.17, 15) is 0 Å². The Bertz CT molecular complexity index is 2650. The van der Waals surface area contributed by atoms with Gasteiger partial charge in [-0.1, -0.05) is 206 Å². The minimum Gasteiger partial charge on any atom is -0.0622 e. The zero-order chi connectivity index (χ0) is 36.1. The van der Waals surface area contributed by atoms with Crippen LogP contribution in [0.15, 0.2) is 231 Å². The van der Waals surface area contributed by atoms with Crippen molar-refractivity contribution in [1.29, 1.82) is 0 Å². The molecule has 0 N–H and O–H groups in total. The predicted octanol–water partition coefficient (Wildman–Crippen LogP) is 15.0. The highest BCUT2D eigenvalue weighted by Crippen LogP contribution is 2.34. The van der Waals surface area contributed by atoms with E-state index in [0.717, 1.165) is 0 Å². The molecule has 0 aliphatic heterocycles. The Morgan fingerprint density at radius 2 is 0.259 bits per heavy atom. The summed E-state index contributed by atoms with van der Waals surface area (Å²) in [6.45, 7) is 0. The maximum atomic E-state index is 2.30. The van der Waals surface area contributed by atoms with Gasteiger partial charge in [-0.25, -0.2) is 0 Å². The highest BCUT2D eigenvalue weighted by atomic mass is 14.1. The molecule has 0 heteroatoms. The van der Waals surface area contributed by atoms with Crippen LogP contribution < -0.4 is 0 Å². The van der Waals surface area contributed by atoms with Crippen molar-refractivity contribution in [2.75, 3.05) is 0 Å². The van der Waals surface area contributed by atoms with Crippen LogP contribution in [0.5, 0.6) is 0 Å². The summed E-state index contributed by atoms with van der Waals surface area (Å²) in [6.07, 6.45) is 0. The van der Waals surface area contributed by atoms with E-state index in [1.807, 2.05) is 0 Å². The van der Waals surface area contributed by atoms with Crippen molar-refractivity contribution < 1.29 is 0 Å². The van der Waals surface area contributed by atoms with Crippen molar-refractivity contribution in [2.45, 2.75) is 0 Å². The van der Waals surface area contributed by atoms with Crippen molar-refractivity contribution >= 4 is 0 Å². The zero-order valence-corrected chi connectivity index (χ0v) is 29.9. The van der Waals surface area contributed by atoms with Gasteiger partial charge in [-0.2, -0.15) is 0 Å². The van der Waals surface area contributed by atoms with E-state index < -0.39 is 0 Å². The predicted molar refractivity (Wildman–Crippen MR) is 230 cm³/mol. The Kier molecular flexibility index (Phi) is 9.07. The molecular formula is C54H38. The third-order valence-electron chi connectivity index (χ3n) is 10.3. The van der Waals surface area contributed by atoms with Gasteiger partial charge in [0.05, 0.1) is 0 Å². The minimum absolute atomic E-state index is 1.21. The first-order valence-corrected chi connectivity index (χ1v) is 18.6. The Hall–Kier alpha value is -7.02. The van der Waals surface area contributed by atoms with E-state index in [1.165, 1.54) is 89.0 Å². The number of benzene rings is 9. The fourth-order valence-corrected chi connectivity index (χ4v) is 7.34. The Morgan fingerprint density at radius 3 is 0.500 bits per heavy atom. The van der Waals surface area contributed by atoms with Gasteiger partial charge in [-0.05, 0) is 113 Å². The van der Waals surface area contributed by atoms with Gasteiger partial charge in [0.15, 0.2) is 0 Å². The van der Waals surface area contributed by atoms with Crippen LogP contribution in [0.1, 0.15) is 0 Å². The van der Waals surface area contributed by atoms with Crippen LogP contribution in [-0.2, 0) is 0 Å². The van der Waals surface area contributed by atoms with Gasteiger partial charge in [-0.3, -0.25) is 0 Å². The van der Waals surface area contributed by atoms with E-state index in [1.54, 1.807) is 0 Å². The van der Waals surface area contributed by atoms with E-state index in [2.05, 4.69) is 231 Å². The quantitative estimate of drug-likeness (QED) is 0.149. The highest BCUT2D eigenvalue weighted by Gasteiger charge is 2.08. The van der Waals surface area contributed by atoms with Crippen molar-refractivity contribution in [3.63, 3.8) is 0 Å². The molecule has 0 atom stereocenters. The highest BCUT2D eigenvalue weighted by molar-refractivity contribution is 5.81. The van der Waals surface area contributed by atoms with Crippen LogP contribution in [0.4, 0.5) is 0 Å². The van der Waals surface area contributed by atoms with E-state index in [4.69, 9.17) is 0 Å². The molecule has 54 heavy (non-hydrogen) atoms. The molecule has 0 aromatic heterocycles. The molecule has 0 fully saturated rings. The van der Waals surface area contributed by atoms with Crippen LogP contribution in [0.25, 0.3) is 89.0 Å². The zero-order valence-electron chi connectivity index (χ0n) is 29.9. The fourth-order valence-electron chi connectivity index (χ4n) is 7.34. The molecule has 254 valence electrons. The summed E-state index contributed by atoms with van der Waals surface area (Å²) < 4.78 is 0. The Balaban J connectivity index is 0.907. The molecule has 9 aromatic carbocycles. The molecule has 0 heterocycles. The summed E-state index contributed by atoms with van der Waals surface area (Å²) in [5.41, 5.74) is 19.5. The molecular weight excluding hydrogens is 649 g/mol. The van der Waals surface area contributed by atoms with Crippen LogP contribution in [0, 0.1) is 0 Å². The number of hydrogen-bond acceptors (Lipinski definition) is 0. The summed E-state index contributed by atoms with van der Waals surface area (Å²) in [6, 6.07) is 83.2. The summed E-state index contributed by atoms with van der Waals surface area (Å²) in [5, 5.41) is 0. The second-order valence-electron chi connectivity index (χ2n) is 13.8. The largest absolute Gasteiger partial charge is 0.0622 e. The first-order chi connectivity index (χ1) is 26.7. The molecule has 0 radical (unpaired) electrons. The van der Waals surface area contributed by atoms with Gasteiger partial charge in [-0.15, -0.1) is 0 Å². The molecule has 0 spiro atoms. The lowest BCUT2D eigenvalue weighted by Gasteiger charge is -2.11. The maximum absolute atomic E-state index is 2.30. The lowest BCUT2D eigenvalue weighted by atomic mass is 9.94. The maximum Gasteiger partial charge on any atom is -0.0178 e. The van der Waals surface area contributed by atoms with Gasteiger partial charge >= 0.3 is 0 Å². The monoisotopic (exact) mass is 686 g/mol. The third kappa shape index (κ3) is 7.06. The molecule has 0 saturated heterocycles. The smallest absolute Gasteiger partial charge is 0.0178 e. The normalized spacial score (nSPS) is 11.0. The summed E-state index contributed by atoms with van der Waals surface area (Å²) in [5.74, 6) is 0. The fraction of sp³-hybridized carbons (Fsp3) is 0. The standard InChI is InChI=1S/C54H38/c1-3-11-39(12-4-1)41-23-29-44(30-24-41)48-16-9-21-53(37-48)54-22-10-18-50(38-54)46-33-27-43(28-34-46)42-25-31-45(32-26-42)49-17-8-20-52(36-49)51-19-7-15-47(35-51)40-13-5-2-6-14-40/h1-38H. The Morgan fingerprint density at radius 1 is 0.111 bits per heavy atom. The SMILES string of the molecule is c1ccc(-c2ccc(-c3cccc(-c4cccc(-c5ccc(-c6ccc(-c7cccc(-c8cccc(-c9ccccc9)c8)c7)cc6)cc5)c4)c3)cc2)cc1. The van der Waals surface area contributed by atoms with Crippen molar-refractivity contribution in [3.05, 3.63) is 231 Å². The topological polar surface area (TPSA) is 0 Å². The van der Waals surface area contributed by atoms with E-state index in [-0.39, 0.29) is 0 Å². The first-order valence-electron chi connectivity index (χ1n) is 18.6. The summed E-state index contributed by atoms with van der Waals surface area (Å²) >= 11 is 0. The molecule has 0 saturated carbocycles. The van der Waals surface area contributed by atoms with E-state index in [0.29, 0.717) is 0 Å². The van der Waals surface area contributed by atoms with Crippen LogP contribution in [0.3, 0.4) is 0 Å². The van der Waals surface area contributed by atoms with Crippen molar-refractivity contribution in [1.82, 2.24) is 0 Å². The lowest BCUT2D eigenvalue weighted by Crippen LogP contribution is -1.85. The minimum atomic E-state index is 1.21. The molecule has 9 aromatic rings. The average Bonchev–Trinajstić information content (AvgIpc) is 3.27. The molecule has 0 unspecified atom stereocenters. The molecule has 0 amide bonds.